The number of carbonyl (C=O) groups is 3. The molecule has 0 spiro atoms. The number of nitrogens with two attached hydrogens (primary N) is 1. The van der Waals surface area contributed by atoms with E-state index < -0.39 is 64.6 Å². The van der Waals surface area contributed by atoms with Crippen LogP contribution in [0.4, 0.5) is 0 Å². The molecule has 50 heavy (non-hydrogen) atoms. The molecule has 0 bridgehead atoms. The molecule has 3 aromatic rings. The van der Waals surface area contributed by atoms with Crippen LogP contribution < -0.4 is 39.9 Å². The monoisotopic (exact) mass is 727 g/mol. The Bertz CT molecular complexity index is 1790. The van der Waals surface area contributed by atoms with Crippen molar-refractivity contribution in [2.24, 2.45) is 11.1 Å². The third kappa shape index (κ3) is 11.2. The molecular formula is C33H47LiN5O9PS. The van der Waals surface area contributed by atoms with E-state index in [1.807, 2.05) is 24.3 Å². The molecule has 1 saturated carbocycles. The van der Waals surface area contributed by atoms with Crippen molar-refractivity contribution in [3.8, 4) is 5.75 Å². The Morgan fingerprint density at radius 2 is 1.68 bits per heavy atom. The van der Waals surface area contributed by atoms with Gasteiger partial charge in [0.05, 0.1) is 11.7 Å². The maximum Gasteiger partial charge on any atom is 1.00 e. The van der Waals surface area contributed by atoms with Gasteiger partial charge in [0.1, 0.15) is 23.6 Å². The van der Waals surface area contributed by atoms with Crippen LogP contribution in [-0.4, -0.2) is 83.1 Å². The minimum atomic E-state index is -4.49. The van der Waals surface area contributed by atoms with Crippen molar-refractivity contribution in [1.82, 2.24) is 20.3 Å². The minimum Gasteiger partial charge on any atom is -1.00 e. The van der Waals surface area contributed by atoms with Gasteiger partial charge < -0.3 is 37.9 Å². The predicted octanol–water partition coefficient (Wildman–Crippen LogP) is -0.335. The molecule has 1 aliphatic carbocycles. The molecule has 1 heterocycles. The van der Waals surface area contributed by atoms with Crippen LogP contribution >= 0.6 is 7.37 Å². The van der Waals surface area contributed by atoms with Crippen molar-refractivity contribution in [1.29, 1.82) is 0 Å². The molecule has 17 heteroatoms. The van der Waals surface area contributed by atoms with Crippen LogP contribution in [0.15, 0.2) is 54.7 Å². The molecule has 0 saturated heterocycles. The molecule has 2 aromatic carbocycles. The number of aliphatic carboxylic acids is 1. The molecule has 1 fully saturated rings. The molecule has 3 unspecified atom stereocenters. The zero-order valence-electron chi connectivity index (χ0n) is 29.4. The first-order valence-electron chi connectivity index (χ1n) is 16.3. The average molecular weight is 728 g/mol. The largest absolute Gasteiger partial charge is 1.00 e. The molecular weight excluding hydrogens is 680 g/mol. The van der Waals surface area contributed by atoms with E-state index in [9.17, 15) is 42.5 Å². The maximum absolute atomic E-state index is 14.4. The number of phenolic OH excluding ortho intramolecular Hbond substituents is 1. The number of fused-ring (bicyclic) bond motifs is 1. The number of nitrogens with one attached hydrogen (secondary N) is 4. The van der Waals surface area contributed by atoms with Crippen LogP contribution in [0.1, 0.15) is 57.5 Å². The second kappa shape index (κ2) is 17.9. The number of aromatic hydroxyl groups is 1. The standard InChI is InChI=1S/C33H46N5O9PS.Li.H/c1-49(46,47)38-27(10-4-7-17-34)30(40)37-29(18-22-11-13-24(39)14-12-22)48(44,45)21-33(15-5-6-16-33)32(43)36-28(31(41)42)19-23-20-35-26-9-3-2-8-25(23)26;;/h2-3,8-9,11-14,20,27-29,35,38-39H,4-7,10,15-19,21,34H2,1H3,(H,36,43)(H,37,40)(H,41,42)(H,44,45);;/q;+1;-1/t27?,28-,29?;;/m0../s1. The summed E-state index contributed by atoms with van der Waals surface area (Å²) in [6, 6.07) is 10.7. The van der Waals surface area contributed by atoms with Crippen molar-refractivity contribution in [2.75, 3.05) is 19.0 Å². The fourth-order valence-electron chi connectivity index (χ4n) is 6.49. The van der Waals surface area contributed by atoms with Gasteiger partial charge in [-0.2, -0.15) is 0 Å². The van der Waals surface area contributed by atoms with E-state index in [1.165, 1.54) is 24.3 Å². The summed E-state index contributed by atoms with van der Waals surface area (Å²) in [6.07, 6.45) is 4.55. The van der Waals surface area contributed by atoms with Crippen LogP contribution in [0, 0.1) is 5.41 Å². The normalized spacial score (nSPS) is 17.2. The Morgan fingerprint density at radius 3 is 2.30 bits per heavy atom. The van der Waals surface area contributed by atoms with Crippen molar-refractivity contribution in [2.45, 2.75) is 75.7 Å². The van der Waals surface area contributed by atoms with Crippen LogP contribution in [0.3, 0.4) is 0 Å². The van der Waals surface area contributed by atoms with Gasteiger partial charge in [-0.25, -0.2) is 17.9 Å². The molecule has 0 aliphatic heterocycles. The van der Waals surface area contributed by atoms with E-state index >= 15 is 0 Å². The van der Waals surface area contributed by atoms with E-state index in [2.05, 4.69) is 20.3 Å². The second-order valence-corrected chi connectivity index (χ2v) is 17.2. The zero-order valence-corrected chi connectivity index (χ0v) is 30.1. The number of aromatic nitrogens is 1. The Labute approximate surface area is 305 Å². The van der Waals surface area contributed by atoms with Crippen LogP contribution in [-0.2, 0) is 41.8 Å². The number of para-hydroxylation sites is 1. The summed E-state index contributed by atoms with van der Waals surface area (Å²) < 4.78 is 40.9. The smallest absolute Gasteiger partial charge is 1.00 e. The predicted molar refractivity (Wildman–Crippen MR) is 187 cm³/mol. The van der Waals surface area contributed by atoms with Gasteiger partial charge in [-0.3, -0.25) is 14.2 Å². The number of aromatic amines is 1. The minimum absolute atomic E-state index is 0. The van der Waals surface area contributed by atoms with Gasteiger partial charge in [0.25, 0.3) is 0 Å². The Kier molecular flexibility index (Phi) is 14.7. The Balaban J connectivity index is 0.00000451. The third-order valence-electron chi connectivity index (χ3n) is 9.05. The van der Waals surface area contributed by atoms with Gasteiger partial charge in [0.15, 0.2) is 0 Å². The molecule has 270 valence electrons. The van der Waals surface area contributed by atoms with Gasteiger partial charge in [-0.1, -0.05) is 49.6 Å². The second-order valence-electron chi connectivity index (χ2n) is 13.0. The van der Waals surface area contributed by atoms with Gasteiger partial charge in [-0.05, 0) is 61.6 Å². The van der Waals surface area contributed by atoms with Crippen molar-refractivity contribution >= 4 is 46.1 Å². The van der Waals surface area contributed by atoms with Crippen molar-refractivity contribution < 1.29 is 62.8 Å². The van der Waals surface area contributed by atoms with Gasteiger partial charge in [-0.15, -0.1) is 0 Å². The fraction of sp³-hybridized carbons (Fsp3) is 0.485. The number of carboxylic acids is 1. The average Bonchev–Trinajstić information content (AvgIpc) is 3.68. The summed E-state index contributed by atoms with van der Waals surface area (Å²) in [6.45, 7) is 0.331. The first kappa shape index (κ1) is 41.3. The number of carboxylic acid groups (broad SMARTS) is 1. The van der Waals surface area contributed by atoms with Crippen LogP contribution in [0.25, 0.3) is 10.9 Å². The molecule has 1 aromatic heterocycles. The van der Waals surface area contributed by atoms with E-state index in [4.69, 9.17) is 5.73 Å². The Morgan fingerprint density at radius 1 is 1.02 bits per heavy atom. The number of phenols is 1. The SMILES string of the molecule is CS(=O)(=O)NC(CCCCN)C(=O)NC(Cc1ccc(O)cc1)P(=O)(O)CC1(C(=O)N[C@@H](Cc2c[nH]c3ccccc23)C(=O)O)CCCC1.[H-].[Li+]. The Hall–Kier alpha value is -3.15. The summed E-state index contributed by atoms with van der Waals surface area (Å²) in [5.41, 5.74) is 6.20. The fourth-order valence-corrected chi connectivity index (χ4v) is 9.61. The number of benzene rings is 2. The molecule has 2 amide bonds. The summed E-state index contributed by atoms with van der Waals surface area (Å²) in [7, 11) is -8.32. The van der Waals surface area contributed by atoms with Gasteiger partial charge in [0, 0.05) is 36.1 Å². The van der Waals surface area contributed by atoms with Crippen LogP contribution in [0.2, 0.25) is 0 Å². The number of H-pyrrole nitrogens is 1. The summed E-state index contributed by atoms with van der Waals surface area (Å²) in [4.78, 5) is 54.7. The first-order chi connectivity index (χ1) is 23.1. The van der Waals surface area contributed by atoms with Crippen molar-refractivity contribution in [3.63, 3.8) is 0 Å². The third-order valence-corrected chi connectivity index (χ3v) is 12.1. The van der Waals surface area contributed by atoms with Gasteiger partial charge in [0.2, 0.25) is 29.2 Å². The number of carbonyl (C=O) groups excluding carboxylic acids is 2. The van der Waals surface area contributed by atoms with Crippen LogP contribution in [0.5, 0.6) is 5.75 Å². The number of hydrogen-bond donors (Lipinski definition) is 8. The molecule has 4 atom stereocenters. The number of sulfonamides is 1. The topological polar surface area (TPSA) is 241 Å². The number of rotatable bonds is 18. The summed E-state index contributed by atoms with van der Waals surface area (Å²) in [5, 5.41) is 25.9. The first-order valence-corrected chi connectivity index (χ1v) is 20.1. The number of unbranched alkanes of at least 4 members (excludes halogenated alkanes) is 1. The molecule has 9 N–H and O–H groups in total. The summed E-state index contributed by atoms with van der Waals surface area (Å²) in [5.74, 6) is -4.18. The van der Waals surface area contributed by atoms with Gasteiger partial charge >= 0.3 is 24.8 Å². The number of hydrogen-bond acceptors (Lipinski definition) is 8. The van der Waals surface area contributed by atoms with E-state index in [-0.39, 0.29) is 58.1 Å². The zero-order chi connectivity index (χ0) is 35.8. The van der Waals surface area contributed by atoms with E-state index in [0.717, 1.165) is 17.2 Å². The maximum atomic E-state index is 14.4. The number of amides is 2. The van der Waals surface area contributed by atoms with E-state index in [0.29, 0.717) is 43.4 Å². The van der Waals surface area contributed by atoms with Crippen molar-refractivity contribution in [3.05, 3.63) is 65.9 Å². The quantitative estimate of drug-likeness (QED) is 0.0482. The molecule has 1 aliphatic rings. The van der Waals surface area contributed by atoms with E-state index in [1.54, 1.807) is 6.20 Å². The molecule has 4 rings (SSSR count). The summed E-state index contributed by atoms with van der Waals surface area (Å²) >= 11 is 0. The molecule has 14 nitrogen and oxygen atoms in total. The molecule has 0 radical (unpaired) electrons.